The van der Waals surface area contributed by atoms with Gasteiger partial charge in [-0.2, -0.15) is 4.98 Å². The minimum atomic E-state index is -1.29. The molecule has 1 aliphatic heterocycles. The number of hydrogen-bond donors (Lipinski definition) is 4. The summed E-state index contributed by atoms with van der Waals surface area (Å²) in [6, 6.07) is 0. The fraction of sp³-hybridized carbons (Fsp3) is 0.545. The molecule has 0 aliphatic carbocycles. The maximum atomic E-state index is 11.7. The Morgan fingerprint density at radius 2 is 2.14 bits per heavy atom. The molecule has 0 saturated carbocycles. The molecule has 0 aromatic carbocycles. The van der Waals surface area contributed by atoms with E-state index in [2.05, 4.69) is 9.97 Å². The summed E-state index contributed by atoms with van der Waals surface area (Å²) in [5.41, 5.74) is 5.66. The van der Waals surface area contributed by atoms with Crippen molar-refractivity contribution in [3.8, 4) is 0 Å². The molecule has 0 bridgehead atoms. The first kappa shape index (κ1) is 13.9. The normalized spacial score (nSPS) is 29.3. The maximum absolute atomic E-state index is 11.7. The number of nitrogens with zero attached hydrogens (tertiary/aromatic N) is 4. The zero-order valence-corrected chi connectivity index (χ0v) is 11.1. The molecule has 10 nitrogen and oxygen atoms in total. The highest BCUT2D eigenvalue weighted by atomic mass is 16.6. The fourth-order valence-corrected chi connectivity index (χ4v) is 2.37. The van der Waals surface area contributed by atoms with Crippen molar-refractivity contribution in [2.45, 2.75) is 24.5 Å². The number of nitrogen functional groups attached to an aromatic ring is 1. The predicted molar refractivity (Wildman–Crippen MR) is 70.2 cm³/mol. The molecule has 3 rings (SSSR count). The smallest absolute Gasteiger partial charge is 0.350 e. The maximum Gasteiger partial charge on any atom is 0.350 e. The molecule has 3 heterocycles. The average molecular weight is 297 g/mol. The lowest BCUT2D eigenvalue weighted by Gasteiger charge is -2.16. The second-order valence-electron chi connectivity index (χ2n) is 4.89. The molecule has 1 saturated heterocycles. The van der Waals surface area contributed by atoms with Crippen LogP contribution in [0.1, 0.15) is 6.23 Å². The third-order valence-corrected chi connectivity index (χ3v) is 3.65. The lowest BCUT2D eigenvalue weighted by atomic mass is 10.1. The largest absolute Gasteiger partial charge is 0.394 e. The minimum absolute atomic E-state index is 0.135. The zero-order chi connectivity index (χ0) is 15.3. The Morgan fingerprint density at radius 1 is 1.43 bits per heavy atom. The summed E-state index contributed by atoms with van der Waals surface area (Å²) in [7, 11) is 1.47. The van der Waals surface area contributed by atoms with Crippen LogP contribution in [0, 0.1) is 0 Å². The molecule has 2 aromatic rings. The molecular weight excluding hydrogens is 282 g/mol. The molecule has 0 unspecified atom stereocenters. The summed E-state index contributed by atoms with van der Waals surface area (Å²) in [4.78, 5) is 19.6. The van der Waals surface area contributed by atoms with Gasteiger partial charge in [0.2, 0.25) is 0 Å². The third kappa shape index (κ3) is 1.92. The molecule has 1 aliphatic rings. The molecule has 0 radical (unpaired) electrons. The lowest BCUT2D eigenvalue weighted by Crippen LogP contribution is -2.33. The Morgan fingerprint density at radius 3 is 2.76 bits per heavy atom. The Labute approximate surface area is 118 Å². The molecule has 21 heavy (non-hydrogen) atoms. The number of fused-ring (bicyclic) bond motifs is 1. The van der Waals surface area contributed by atoms with Crippen molar-refractivity contribution in [1.82, 2.24) is 19.1 Å². The van der Waals surface area contributed by atoms with Gasteiger partial charge < -0.3 is 25.8 Å². The van der Waals surface area contributed by atoms with Gasteiger partial charge in [-0.1, -0.05) is 0 Å². The van der Waals surface area contributed by atoms with Crippen molar-refractivity contribution < 1.29 is 20.1 Å². The summed E-state index contributed by atoms with van der Waals surface area (Å²) in [5, 5.41) is 28.9. The van der Waals surface area contributed by atoms with Crippen molar-refractivity contribution in [2.75, 3.05) is 12.3 Å². The highest BCUT2D eigenvalue weighted by Crippen LogP contribution is 2.31. The van der Waals surface area contributed by atoms with Crippen LogP contribution >= 0.6 is 0 Å². The standard InChI is InChI=1S/C11H15N5O5/c1-15-8(12)5-9(14-11(15)20)16(3-13-5)10-7(19)6(18)4(2-17)21-10/h3-4,6-7,10,17-19H,2,12H2,1H3/t4-,6+,7-,10-/m1/s1. The molecule has 4 atom stereocenters. The van der Waals surface area contributed by atoms with Gasteiger partial charge in [-0.05, 0) is 0 Å². The van der Waals surface area contributed by atoms with Crippen LogP contribution in [-0.2, 0) is 11.8 Å². The molecule has 5 N–H and O–H groups in total. The van der Waals surface area contributed by atoms with E-state index < -0.39 is 36.8 Å². The number of ether oxygens (including phenoxy) is 1. The number of aromatic nitrogens is 4. The fourth-order valence-electron chi connectivity index (χ4n) is 2.37. The summed E-state index contributed by atoms with van der Waals surface area (Å²) in [6.07, 6.45) is -3.16. The number of rotatable bonds is 2. The van der Waals surface area contributed by atoms with E-state index in [-0.39, 0.29) is 17.0 Å². The van der Waals surface area contributed by atoms with Crippen LogP contribution in [0.2, 0.25) is 0 Å². The van der Waals surface area contributed by atoms with Gasteiger partial charge in [-0.3, -0.25) is 9.13 Å². The van der Waals surface area contributed by atoms with Gasteiger partial charge in [0, 0.05) is 7.05 Å². The van der Waals surface area contributed by atoms with E-state index in [1.54, 1.807) is 0 Å². The molecule has 10 heteroatoms. The van der Waals surface area contributed by atoms with E-state index >= 15 is 0 Å². The monoisotopic (exact) mass is 297 g/mol. The Hall–Kier alpha value is -2.01. The second-order valence-corrected chi connectivity index (χ2v) is 4.89. The Kier molecular flexibility index (Phi) is 3.17. The van der Waals surface area contributed by atoms with Crippen molar-refractivity contribution in [3.63, 3.8) is 0 Å². The highest BCUT2D eigenvalue weighted by molar-refractivity contribution is 5.81. The highest BCUT2D eigenvalue weighted by Gasteiger charge is 2.44. The number of aliphatic hydroxyl groups excluding tert-OH is 3. The minimum Gasteiger partial charge on any atom is -0.394 e. The molecule has 1 fully saturated rings. The quantitative estimate of drug-likeness (QED) is 0.468. The topological polar surface area (TPSA) is 149 Å². The van der Waals surface area contributed by atoms with Crippen LogP contribution in [0.5, 0.6) is 0 Å². The summed E-state index contributed by atoms with van der Waals surface area (Å²) in [5.74, 6) is 0.135. The van der Waals surface area contributed by atoms with Gasteiger partial charge in [0.1, 0.15) is 29.6 Å². The number of nitrogens with two attached hydrogens (primary N) is 1. The average Bonchev–Trinajstić information content (AvgIpc) is 2.99. The summed E-state index contributed by atoms with van der Waals surface area (Å²) >= 11 is 0. The van der Waals surface area contributed by atoms with E-state index in [0.717, 1.165) is 4.57 Å². The number of hydrogen-bond acceptors (Lipinski definition) is 8. The number of aliphatic hydroxyl groups is 3. The van der Waals surface area contributed by atoms with Gasteiger partial charge in [-0.15, -0.1) is 0 Å². The number of anilines is 1. The summed E-state index contributed by atoms with van der Waals surface area (Å²) in [6.45, 7) is -0.446. The first-order valence-corrected chi connectivity index (χ1v) is 6.27. The third-order valence-electron chi connectivity index (χ3n) is 3.65. The van der Waals surface area contributed by atoms with Gasteiger partial charge >= 0.3 is 5.69 Å². The van der Waals surface area contributed by atoms with Crippen LogP contribution in [0.25, 0.3) is 11.2 Å². The SMILES string of the molecule is Cn1c(N)c2ncn([C@@H]3O[C@H](CO)[C@H](O)[C@H]3O)c2nc1=O. The zero-order valence-electron chi connectivity index (χ0n) is 11.1. The van der Waals surface area contributed by atoms with Gasteiger partial charge in [0.05, 0.1) is 12.9 Å². The van der Waals surface area contributed by atoms with Crippen LogP contribution in [0.15, 0.2) is 11.1 Å². The van der Waals surface area contributed by atoms with E-state index in [4.69, 9.17) is 15.6 Å². The van der Waals surface area contributed by atoms with Gasteiger partial charge in [0.15, 0.2) is 11.9 Å². The first-order valence-electron chi connectivity index (χ1n) is 6.27. The van der Waals surface area contributed by atoms with Crippen molar-refractivity contribution in [1.29, 1.82) is 0 Å². The Balaban J connectivity index is 2.12. The van der Waals surface area contributed by atoms with E-state index in [1.807, 2.05) is 0 Å². The van der Waals surface area contributed by atoms with Crippen molar-refractivity contribution in [2.24, 2.45) is 7.05 Å². The Bertz CT molecular complexity index is 740. The molecule has 0 amide bonds. The van der Waals surface area contributed by atoms with Gasteiger partial charge in [-0.25, -0.2) is 9.78 Å². The molecular formula is C11H15N5O5. The summed E-state index contributed by atoms with van der Waals surface area (Å²) < 4.78 is 7.85. The second kappa shape index (κ2) is 4.77. The van der Waals surface area contributed by atoms with Crippen LogP contribution in [0.4, 0.5) is 5.82 Å². The van der Waals surface area contributed by atoms with Crippen LogP contribution in [-0.4, -0.2) is 59.3 Å². The van der Waals surface area contributed by atoms with Crippen LogP contribution in [0.3, 0.4) is 0 Å². The molecule has 2 aromatic heterocycles. The molecule has 0 spiro atoms. The molecule has 114 valence electrons. The van der Waals surface area contributed by atoms with Crippen molar-refractivity contribution >= 4 is 17.0 Å². The van der Waals surface area contributed by atoms with E-state index in [0.29, 0.717) is 0 Å². The van der Waals surface area contributed by atoms with Crippen LogP contribution < -0.4 is 11.4 Å². The first-order chi connectivity index (χ1) is 9.95. The predicted octanol–water partition coefficient (Wildman–Crippen LogP) is -2.68. The van der Waals surface area contributed by atoms with E-state index in [9.17, 15) is 15.0 Å². The van der Waals surface area contributed by atoms with E-state index in [1.165, 1.54) is 17.9 Å². The van der Waals surface area contributed by atoms with Gasteiger partial charge in [0.25, 0.3) is 0 Å². The number of imidazole rings is 1. The van der Waals surface area contributed by atoms with Crippen molar-refractivity contribution in [3.05, 3.63) is 16.8 Å². The lowest BCUT2D eigenvalue weighted by molar-refractivity contribution is -0.0511.